The number of halogens is 1. The molecule has 1 aromatic carbocycles. The number of hydrogen-bond acceptors (Lipinski definition) is 4. The van der Waals surface area contributed by atoms with E-state index in [0.717, 1.165) is 9.37 Å². The third-order valence-electron chi connectivity index (χ3n) is 3.08. The molecule has 0 aromatic heterocycles. The van der Waals surface area contributed by atoms with Crippen LogP contribution in [0.4, 0.5) is 4.79 Å². The zero-order valence-electron chi connectivity index (χ0n) is 11.9. The first-order valence-corrected chi connectivity index (χ1v) is 7.07. The van der Waals surface area contributed by atoms with Crippen molar-refractivity contribution >= 4 is 33.9 Å². The van der Waals surface area contributed by atoms with Gasteiger partial charge in [0, 0.05) is 18.2 Å². The van der Waals surface area contributed by atoms with Gasteiger partial charge in [-0.25, -0.2) is 4.79 Å². The number of rotatable bonds is 4. The highest BCUT2D eigenvalue weighted by atomic mass is 79.9. The van der Waals surface area contributed by atoms with Crippen molar-refractivity contribution in [2.45, 2.75) is 6.92 Å². The van der Waals surface area contributed by atoms with E-state index in [1.165, 1.54) is 7.11 Å². The Morgan fingerprint density at radius 3 is 2.43 bits per heavy atom. The van der Waals surface area contributed by atoms with E-state index in [4.69, 9.17) is 9.47 Å². The Bertz CT molecular complexity index is 628. The largest absolute Gasteiger partial charge is 0.496 e. The molecule has 0 bridgehead atoms. The number of ether oxygens (including phenoxy) is 2. The van der Waals surface area contributed by atoms with Gasteiger partial charge in [-0.15, -0.1) is 0 Å². The van der Waals surface area contributed by atoms with Gasteiger partial charge >= 0.3 is 6.03 Å². The topological polar surface area (TPSA) is 67.9 Å². The summed E-state index contributed by atoms with van der Waals surface area (Å²) < 4.78 is 11.2. The van der Waals surface area contributed by atoms with Crippen molar-refractivity contribution in [1.82, 2.24) is 10.2 Å². The summed E-state index contributed by atoms with van der Waals surface area (Å²) in [6, 6.07) is 3.05. The minimum atomic E-state index is -0.416. The van der Waals surface area contributed by atoms with Crippen LogP contribution < -0.4 is 14.8 Å². The van der Waals surface area contributed by atoms with Crippen molar-refractivity contribution in [3.63, 3.8) is 0 Å². The van der Waals surface area contributed by atoms with Crippen molar-refractivity contribution in [2.24, 2.45) is 0 Å². The van der Waals surface area contributed by atoms with Crippen LogP contribution in [-0.2, 0) is 4.79 Å². The molecule has 6 nitrogen and oxygen atoms in total. The van der Waals surface area contributed by atoms with Gasteiger partial charge in [-0.2, -0.15) is 0 Å². The Morgan fingerprint density at radius 2 is 1.90 bits per heavy atom. The van der Waals surface area contributed by atoms with Crippen LogP contribution in [0.2, 0.25) is 0 Å². The Balaban J connectivity index is 2.44. The first-order valence-electron chi connectivity index (χ1n) is 6.27. The number of imide groups is 1. The van der Waals surface area contributed by atoms with Crippen LogP contribution in [-0.4, -0.2) is 37.6 Å². The second kappa shape index (κ2) is 6.17. The second-order valence-corrected chi connectivity index (χ2v) is 5.12. The minimum Gasteiger partial charge on any atom is -0.496 e. The van der Waals surface area contributed by atoms with Gasteiger partial charge in [0.2, 0.25) is 0 Å². The molecule has 1 aliphatic heterocycles. The fourth-order valence-corrected chi connectivity index (χ4v) is 2.53. The van der Waals surface area contributed by atoms with E-state index in [1.54, 1.807) is 32.2 Å². The maximum Gasteiger partial charge on any atom is 0.328 e. The van der Waals surface area contributed by atoms with Crippen molar-refractivity contribution in [2.75, 3.05) is 20.8 Å². The zero-order chi connectivity index (χ0) is 15.6. The maximum absolute atomic E-state index is 12.1. The van der Waals surface area contributed by atoms with Crippen LogP contribution in [0.25, 0.3) is 6.08 Å². The molecule has 1 aliphatic rings. The lowest BCUT2D eigenvalue weighted by atomic mass is 10.1. The van der Waals surface area contributed by atoms with Gasteiger partial charge in [-0.3, -0.25) is 9.69 Å². The molecule has 0 radical (unpaired) electrons. The molecular formula is C14H15BrN2O4. The molecule has 7 heteroatoms. The molecule has 1 fully saturated rings. The quantitative estimate of drug-likeness (QED) is 0.665. The first kappa shape index (κ1) is 15.4. The third-order valence-corrected chi connectivity index (χ3v) is 3.70. The highest BCUT2D eigenvalue weighted by molar-refractivity contribution is 9.10. The molecule has 112 valence electrons. The van der Waals surface area contributed by atoms with Crippen LogP contribution in [0.5, 0.6) is 11.5 Å². The molecule has 2 rings (SSSR count). The lowest BCUT2D eigenvalue weighted by Gasteiger charge is -2.10. The number of hydrogen-bond donors (Lipinski definition) is 1. The fourth-order valence-electron chi connectivity index (χ4n) is 2.01. The highest BCUT2D eigenvalue weighted by Crippen LogP contribution is 2.34. The fraction of sp³-hybridized carbons (Fsp3) is 0.286. The number of amides is 3. The van der Waals surface area contributed by atoms with Gasteiger partial charge < -0.3 is 14.8 Å². The van der Waals surface area contributed by atoms with Crippen molar-refractivity contribution in [3.8, 4) is 11.5 Å². The van der Waals surface area contributed by atoms with Crippen molar-refractivity contribution in [3.05, 3.63) is 27.9 Å². The highest BCUT2D eigenvalue weighted by Gasteiger charge is 2.32. The molecule has 1 saturated heterocycles. The van der Waals surface area contributed by atoms with Crippen LogP contribution in [0, 0.1) is 0 Å². The van der Waals surface area contributed by atoms with Crippen molar-refractivity contribution in [1.29, 1.82) is 0 Å². The minimum absolute atomic E-state index is 0.220. The third kappa shape index (κ3) is 2.87. The smallest absolute Gasteiger partial charge is 0.328 e. The predicted octanol–water partition coefficient (Wildman–Crippen LogP) is 2.38. The second-order valence-electron chi connectivity index (χ2n) is 4.27. The van der Waals surface area contributed by atoms with Gasteiger partial charge in [-0.05, 0) is 35.0 Å². The van der Waals surface area contributed by atoms with Crippen LogP contribution in [0.3, 0.4) is 0 Å². The van der Waals surface area contributed by atoms with E-state index in [-0.39, 0.29) is 11.6 Å². The average molecular weight is 355 g/mol. The zero-order valence-corrected chi connectivity index (χ0v) is 13.5. The SMILES string of the molecule is CCN1C(=O)N/C(=C/c2cc(Br)c(OC)cc2OC)C1=O. The van der Waals surface area contributed by atoms with E-state index in [0.29, 0.717) is 23.6 Å². The van der Waals surface area contributed by atoms with Gasteiger partial charge in [0.05, 0.1) is 18.7 Å². The van der Waals surface area contributed by atoms with E-state index in [9.17, 15) is 9.59 Å². The Hall–Kier alpha value is -2.02. The number of likely N-dealkylation sites (N-methyl/N-ethyl adjacent to an activating group) is 1. The summed E-state index contributed by atoms with van der Waals surface area (Å²) in [7, 11) is 3.08. The lowest BCUT2D eigenvalue weighted by Crippen LogP contribution is -2.30. The number of nitrogens with zero attached hydrogens (tertiary/aromatic N) is 1. The maximum atomic E-state index is 12.1. The molecule has 3 amide bonds. The van der Waals surface area contributed by atoms with Gasteiger partial charge in [0.15, 0.2) is 0 Å². The molecule has 21 heavy (non-hydrogen) atoms. The number of nitrogens with one attached hydrogen (secondary N) is 1. The molecule has 0 unspecified atom stereocenters. The molecule has 0 aliphatic carbocycles. The summed E-state index contributed by atoms with van der Waals surface area (Å²) >= 11 is 3.38. The monoisotopic (exact) mass is 354 g/mol. The normalized spacial score (nSPS) is 16.4. The van der Waals surface area contributed by atoms with E-state index >= 15 is 0 Å². The summed E-state index contributed by atoms with van der Waals surface area (Å²) in [5.41, 5.74) is 0.879. The van der Waals surface area contributed by atoms with Gasteiger partial charge in [0.1, 0.15) is 17.2 Å². The van der Waals surface area contributed by atoms with E-state index in [2.05, 4.69) is 21.2 Å². The summed E-state index contributed by atoms with van der Waals surface area (Å²) in [6.07, 6.45) is 1.58. The van der Waals surface area contributed by atoms with Crippen LogP contribution in [0.1, 0.15) is 12.5 Å². The van der Waals surface area contributed by atoms with Gasteiger partial charge in [0.25, 0.3) is 5.91 Å². The first-order chi connectivity index (χ1) is 10.0. The molecule has 1 heterocycles. The van der Waals surface area contributed by atoms with E-state index in [1.807, 2.05) is 0 Å². The lowest BCUT2D eigenvalue weighted by molar-refractivity contribution is -0.122. The number of urea groups is 1. The Kier molecular flexibility index (Phi) is 4.52. The molecule has 0 atom stereocenters. The molecular weight excluding hydrogens is 340 g/mol. The molecule has 1 aromatic rings. The summed E-state index contributed by atoms with van der Waals surface area (Å²) in [5, 5.41) is 2.55. The van der Waals surface area contributed by atoms with E-state index < -0.39 is 6.03 Å². The number of benzene rings is 1. The summed E-state index contributed by atoms with van der Waals surface area (Å²) in [6.45, 7) is 2.07. The van der Waals surface area contributed by atoms with Gasteiger partial charge in [-0.1, -0.05) is 0 Å². The molecule has 1 N–H and O–H groups in total. The number of methoxy groups -OCH3 is 2. The number of carbonyl (C=O) groups excluding carboxylic acids is 2. The van der Waals surface area contributed by atoms with Crippen molar-refractivity contribution < 1.29 is 19.1 Å². The van der Waals surface area contributed by atoms with Crippen LogP contribution in [0.15, 0.2) is 22.3 Å². The Morgan fingerprint density at radius 1 is 1.24 bits per heavy atom. The summed E-state index contributed by atoms with van der Waals surface area (Å²) in [4.78, 5) is 24.8. The summed E-state index contributed by atoms with van der Waals surface area (Å²) in [5.74, 6) is 0.807. The number of carbonyl (C=O) groups is 2. The molecule has 0 saturated carbocycles. The molecule has 0 spiro atoms. The standard InChI is InChI=1S/C14H15BrN2O4/c1-4-17-13(18)10(16-14(17)19)6-8-5-9(15)12(21-3)7-11(8)20-2/h5-7H,4H2,1-3H3,(H,16,19)/b10-6+. The predicted molar refractivity (Wildman–Crippen MR) is 81.1 cm³/mol. The van der Waals surface area contributed by atoms with Crippen LogP contribution >= 0.6 is 15.9 Å². The average Bonchev–Trinajstić information content (AvgIpc) is 2.73. The Labute approximate surface area is 130 Å².